The van der Waals surface area contributed by atoms with Crippen molar-refractivity contribution in [2.75, 3.05) is 20.2 Å². The van der Waals surface area contributed by atoms with Crippen LogP contribution in [-0.4, -0.2) is 25.8 Å². The maximum Gasteiger partial charge on any atom is 0.126 e. The van der Waals surface area contributed by atoms with Gasteiger partial charge < -0.3 is 10.1 Å². The van der Waals surface area contributed by atoms with E-state index in [0.29, 0.717) is 6.42 Å². The molecule has 0 bridgehead atoms. The molecule has 0 spiro atoms. The van der Waals surface area contributed by atoms with Crippen LogP contribution in [0.1, 0.15) is 12.0 Å². The average molecular weight is 209 g/mol. The summed E-state index contributed by atoms with van der Waals surface area (Å²) >= 11 is 0. The zero-order valence-electron chi connectivity index (χ0n) is 8.92. The van der Waals surface area contributed by atoms with Crippen molar-refractivity contribution in [3.8, 4) is 0 Å². The predicted octanol–water partition coefficient (Wildman–Crippen LogP) is 1.75. The van der Waals surface area contributed by atoms with E-state index in [4.69, 9.17) is 4.74 Å². The van der Waals surface area contributed by atoms with Crippen LogP contribution in [0.4, 0.5) is 4.39 Å². The second-order valence-corrected chi connectivity index (χ2v) is 4.08. The molecular formula is C12H16FNO. The zero-order chi connectivity index (χ0) is 10.7. The fraction of sp³-hybridized carbons (Fsp3) is 0.500. The van der Waals surface area contributed by atoms with E-state index in [1.807, 2.05) is 12.1 Å². The van der Waals surface area contributed by atoms with Gasteiger partial charge >= 0.3 is 0 Å². The van der Waals surface area contributed by atoms with Gasteiger partial charge in [0.1, 0.15) is 5.82 Å². The van der Waals surface area contributed by atoms with Crippen LogP contribution in [0.5, 0.6) is 0 Å². The Hall–Kier alpha value is -0.930. The van der Waals surface area contributed by atoms with Crippen LogP contribution in [0.3, 0.4) is 0 Å². The van der Waals surface area contributed by atoms with E-state index in [-0.39, 0.29) is 11.4 Å². The highest BCUT2D eigenvalue weighted by molar-refractivity contribution is 5.20. The van der Waals surface area contributed by atoms with Gasteiger partial charge in [-0.1, -0.05) is 18.2 Å². The van der Waals surface area contributed by atoms with E-state index < -0.39 is 0 Å². The summed E-state index contributed by atoms with van der Waals surface area (Å²) in [6.45, 7) is 1.75. The lowest BCUT2D eigenvalue weighted by molar-refractivity contribution is 0.00713. The van der Waals surface area contributed by atoms with Crippen molar-refractivity contribution in [2.45, 2.75) is 18.4 Å². The second kappa shape index (κ2) is 4.29. The standard InChI is InChI=1S/C12H16FNO/c1-15-12(6-7-14-9-12)8-10-4-2-3-5-11(10)13/h2-5,14H,6-9H2,1H3. The van der Waals surface area contributed by atoms with Crippen molar-refractivity contribution in [1.82, 2.24) is 5.32 Å². The van der Waals surface area contributed by atoms with Gasteiger partial charge in [-0.05, 0) is 24.6 Å². The quantitative estimate of drug-likeness (QED) is 0.818. The highest BCUT2D eigenvalue weighted by atomic mass is 19.1. The Kier molecular flexibility index (Phi) is 3.03. The normalized spacial score (nSPS) is 25.7. The summed E-state index contributed by atoms with van der Waals surface area (Å²) in [5.74, 6) is -0.138. The number of hydrogen-bond donors (Lipinski definition) is 1. The largest absolute Gasteiger partial charge is 0.377 e. The number of methoxy groups -OCH3 is 1. The van der Waals surface area contributed by atoms with Crippen LogP contribution in [0.2, 0.25) is 0 Å². The molecule has 2 rings (SSSR count). The summed E-state index contributed by atoms with van der Waals surface area (Å²) in [6, 6.07) is 6.91. The first-order valence-electron chi connectivity index (χ1n) is 5.25. The van der Waals surface area contributed by atoms with Gasteiger partial charge in [0.25, 0.3) is 0 Å². The maximum absolute atomic E-state index is 13.5. The van der Waals surface area contributed by atoms with Crippen molar-refractivity contribution < 1.29 is 9.13 Å². The number of nitrogens with one attached hydrogen (secondary N) is 1. The molecule has 0 amide bonds. The Labute approximate surface area is 89.4 Å². The molecule has 1 aliphatic rings. The Morgan fingerprint density at radius 1 is 1.47 bits per heavy atom. The van der Waals surface area contributed by atoms with Crippen LogP contribution in [-0.2, 0) is 11.2 Å². The topological polar surface area (TPSA) is 21.3 Å². The Morgan fingerprint density at radius 3 is 2.87 bits per heavy atom. The number of halogens is 1. The zero-order valence-corrected chi connectivity index (χ0v) is 8.92. The van der Waals surface area contributed by atoms with Crippen LogP contribution in [0.25, 0.3) is 0 Å². The van der Waals surface area contributed by atoms with E-state index >= 15 is 0 Å². The second-order valence-electron chi connectivity index (χ2n) is 4.08. The van der Waals surface area contributed by atoms with Gasteiger partial charge in [-0.25, -0.2) is 4.39 Å². The third-order valence-corrected chi connectivity index (χ3v) is 3.11. The summed E-state index contributed by atoms with van der Waals surface area (Å²) in [7, 11) is 1.70. The van der Waals surface area contributed by atoms with E-state index in [1.54, 1.807) is 13.2 Å². The number of benzene rings is 1. The first-order chi connectivity index (χ1) is 7.26. The van der Waals surface area contributed by atoms with Crippen molar-refractivity contribution in [3.63, 3.8) is 0 Å². The lowest BCUT2D eigenvalue weighted by atomic mass is 9.93. The van der Waals surface area contributed by atoms with Crippen molar-refractivity contribution in [3.05, 3.63) is 35.6 Å². The fourth-order valence-corrected chi connectivity index (χ4v) is 2.11. The highest BCUT2D eigenvalue weighted by Crippen LogP contribution is 2.25. The lowest BCUT2D eigenvalue weighted by Gasteiger charge is -2.26. The van der Waals surface area contributed by atoms with Crippen molar-refractivity contribution in [1.29, 1.82) is 0 Å². The Balaban J connectivity index is 2.16. The molecule has 82 valence electrons. The molecule has 15 heavy (non-hydrogen) atoms. The minimum absolute atomic E-state index is 0.138. The van der Waals surface area contributed by atoms with Gasteiger partial charge in [0.05, 0.1) is 5.60 Å². The van der Waals surface area contributed by atoms with E-state index in [0.717, 1.165) is 25.1 Å². The molecule has 1 heterocycles. The predicted molar refractivity (Wildman–Crippen MR) is 57.3 cm³/mol. The van der Waals surface area contributed by atoms with Gasteiger partial charge in [-0.2, -0.15) is 0 Å². The number of rotatable bonds is 3. The Bertz CT molecular complexity index is 334. The minimum Gasteiger partial charge on any atom is -0.377 e. The summed E-state index contributed by atoms with van der Waals surface area (Å²) in [4.78, 5) is 0. The molecule has 0 aromatic heterocycles. The third kappa shape index (κ3) is 2.19. The van der Waals surface area contributed by atoms with Gasteiger partial charge in [-0.3, -0.25) is 0 Å². The first kappa shape index (κ1) is 10.6. The molecule has 1 aliphatic heterocycles. The van der Waals surface area contributed by atoms with E-state index in [9.17, 15) is 4.39 Å². The van der Waals surface area contributed by atoms with Crippen LogP contribution < -0.4 is 5.32 Å². The van der Waals surface area contributed by atoms with Crippen LogP contribution in [0, 0.1) is 5.82 Å². The Morgan fingerprint density at radius 2 is 2.27 bits per heavy atom. The van der Waals surface area contributed by atoms with E-state index in [2.05, 4.69) is 5.32 Å². The molecule has 3 heteroatoms. The molecule has 1 N–H and O–H groups in total. The third-order valence-electron chi connectivity index (χ3n) is 3.11. The molecule has 1 fully saturated rings. The summed E-state index contributed by atoms with van der Waals surface area (Å²) in [6.07, 6.45) is 1.58. The van der Waals surface area contributed by atoms with Gasteiger partial charge in [-0.15, -0.1) is 0 Å². The molecule has 1 unspecified atom stereocenters. The molecule has 1 aromatic rings. The molecule has 2 nitrogen and oxygen atoms in total. The van der Waals surface area contributed by atoms with Crippen LogP contribution >= 0.6 is 0 Å². The van der Waals surface area contributed by atoms with Gasteiger partial charge in [0.15, 0.2) is 0 Å². The summed E-state index contributed by atoms with van der Waals surface area (Å²) < 4.78 is 19.0. The smallest absolute Gasteiger partial charge is 0.126 e. The van der Waals surface area contributed by atoms with Crippen molar-refractivity contribution in [2.24, 2.45) is 0 Å². The maximum atomic E-state index is 13.5. The molecule has 1 aromatic carbocycles. The van der Waals surface area contributed by atoms with E-state index in [1.165, 1.54) is 6.07 Å². The van der Waals surface area contributed by atoms with Gasteiger partial charge in [0, 0.05) is 20.1 Å². The molecule has 1 saturated heterocycles. The highest BCUT2D eigenvalue weighted by Gasteiger charge is 2.34. The SMILES string of the molecule is COC1(Cc2ccccc2F)CCNC1. The average Bonchev–Trinajstić information content (AvgIpc) is 2.71. The summed E-state index contributed by atoms with van der Waals surface area (Å²) in [5.41, 5.74) is 0.519. The number of hydrogen-bond acceptors (Lipinski definition) is 2. The molecule has 0 aliphatic carbocycles. The van der Waals surface area contributed by atoms with Crippen molar-refractivity contribution >= 4 is 0 Å². The number of ether oxygens (including phenoxy) is 1. The first-order valence-corrected chi connectivity index (χ1v) is 5.25. The monoisotopic (exact) mass is 209 g/mol. The molecule has 0 saturated carbocycles. The van der Waals surface area contributed by atoms with Crippen LogP contribution in [0.15, 0.2) is 24.3 Å². The fourth-order valence-electron chi connectivity index (χ4n) is 2.11. The molecule has 1 atom stereocenters. The lowest BCUT2D eigenvalue weighted by Crippen LogP contribution is -2.36. The molecule has 0 radical (unpaired) electrons. The summed E-state index contributed by atoms with van der Waals surface area (Å²) in [5, 5.41) is 3.26. The minimum atomic E-state index is -0.220. The molecular weight excluding hydrogens is 193 g/mol. The van der Waals surface area contributed by atoms with Gasteiger partial charge in [0.2, 0.25) is 0 Å².